The van der Waals surface area contributed by atoms with E-state index in [2.05, 4.69) is 16.0 Å². The summed E-state index contributed by atoms with van der Waals surface area (Å²) in [7, 11) is 0. The molecule has 0 spiro atoms. The third kappa shape index (κ3) is 11.8. The van der Waals surface area contributed by atoms with Crippen molar-refractivity contribution in [2.75, 3.05) is 48.0 Å². The molecular weight excluding hydrogens is 1130 g/mol. The Labute approximate surface area is 488 Å². The second kappa shape index (κ2) is 24.0. The minimum absolute atomic E-state index is 0.0722. The molecular formula is C65H58F6N4O11. The number of aliphatic carboxylic acids is 1. The lowest BCUT2D eigenvalue weighted by Crippen LogP contribution is -2.40. The number of fused-ring (bicyclic) bond motifs is 3. The van der Waals surface area contributed by atoms with Gasteiger partial charge in [-0.3, -0.25) is 4.79 Å². The van der Waals surface area contributed by atoms with E-state index in [-0.39, 0.29) is 71.6 Å². The normalized spacial score (nSPS) is 14.9. The standard InChI is InChI=1S/C65H58F6N4O11/c1-61(64(66,67)68,39-15-23-55(78)51(72)29-39)40-16-24-56(79)52(30-40)73-33-43(76)35-85-45-19-11-37(12-20-45)63(49-9-5-3-7-47(49)48-8-4-6-10-50(48)63)38-13-21-46(22-14-38)86-36-44(77)34-74-53-31-41(17-25-57(53)80)62(2,65(69,70)71)42-18-26-58(81)54(32-42)75-59(82)27-28-60(83)84/h3-32,43-44,73-74,76-81H,33-36,72H2,1-2H3,(H,75,82)(H,83,84)/b28-27+. The number of hydrogen-bond acceptors (Lipinski definition) is 13. The fourth-order valence-corrected chi connectivity index (χ4v) is 10.7. The lowest BCUT2D eigenvalue weighted by atomic mass is 9.68. The molecule has 8 aromatic rings. The van der Waals surface area contributed by atoms with E-state index in [1.807, 2.05) is 72.8 Å². The summed E-state index contributed by atoms with van der Waals surface area (Å²) >= 11 is 0. The first kappa shape index (κ1) is 60.7. The molecule has 1 aliphatic rings. The smallest absolute Gasteiger partial charge is 0.402 e. The van der Waals surface area contributed by atoms with Crippen LogP contribution < -0.4 is 31.2 Å². The number of anilines is 4. The highest BCUT2D eigenvalue weighted by Crippen LogP contribution is 2.57. The van der Waals surface area contributed by atoms with Gasteiger partial charge < -0.3 is 66.9 Å². The van der Waals surface area contributed by atoms with E-state index in [1.165, 1.54) is 0 Å². The summed E-state index contributed by atoms with van der Waals surface area (Å²) in [6.45, 7) is 0.811. The highest BCUT2D eigenvalue weighted by molar-refractivity contribution is 6.03. The fourth-order valence-electron chi connectivity index (χ4n) is 10.7. The monoisotopic (exact) mass is 1180 g/mol. The number of benzene rings is 8. The number of aliphatic hydroxyl groups is 2. The van der Waals surface area contributed by atoms with E-state index in [0.717, 1.165) is 120 Å². The lowest BCUT2D eigenvalue weighted by molar-refractivity contribution is -0.173. The number of carbonyl (C=O) groups is 2. The quantitative estimate of drug-likeness (QED) is 0.0139. The number of phenols is 4. The number of amides is 1. The number of nitrogen functional groups attached to an aromatic ring is 1. The summed E-state index contributed by atoms with van der Waals surface area (Å²) in [6.07, 6.45) is -11.1. The molecule has 0 bridgehead atoms. The predicted octanol–water partition coefficient (Wildman–Crippen LogP) is 11.5. The highest BCUT2D eigenvalue weighted by Gasteiger charge is 2.55. The van der Waals surface area contributed by atoms with E-state index >= 15 is 13.2 Å². The number of halogens is 6. The number of carboxylic acid groups (broad SMARTS) is 1. The average molecular weight is 1190 g/mol. The molecule has 0 aliphatic heterocycles. The Hall–Kier alpha value is -9.86. The van der Waals surface area contributed by atoms with Crippen LogP contribution >= 0.6 is 0 Å². The third-order valence-electron chi connectivity index (χ3n) is 15.6. The molecule has 12 N–H and O–H groups in total. The number of nitrogens with one attached hydrogen (secondary N) is 3. The Balaban J connectivity index is 0.880. The molecule has 0 saturated carbocycles. The number of phenolic OH excluding ortho intramolecular Hbond substituents is 4. The van der Waals surface area contributed by atoms with Crippen LogP contribution in [-0.4, -0.2) is 98.5 Å². The number of carbonyl (C=O) groups excluding carboxylic acids is 1. The zero-order valence-corrected chi connectivity index (χ0v) is 45.9. The van der Waals surface area contributed by atoms with Crippen LogP contribution in [0.2, 0.25) is 0 Å². The number of rotatable bonds is 21. The van der Waals surface area contributed by atoms with Crippen LogP contribution in [0.15, 0.2) is 182 Å². The number of aliphatic hydroxyl groups excluding tert-OH is 2. The summed E-state index contributed by atoms with van der Waals surface area (Å²) in [4.78, 5) is 23.1. The second-order valence-electron chi connectivity index (χ2n) is 21.0. The molecule has 0 radical (unpaired) electrons. The van der Waals surface area contributed by atoms with Crippen LogP contribution in [0.1, 0.15) is 58.4 Å². The maximum Gasteiger partial charge on any atom is 0.402 e. The molecule has 0 aromatic heterocycles. The minimum Gasteiger partial charge on any atom is -0.506 e. The van der Waals surface area contributed by atoms with E-state index in [9.17, 15) is 53.4 Å². The number of carboxylic acids is 1. The summed E-state index contributed by atoms with van der Waals surface area (Å²) < 4.78 is 102. The van der Waals surface area contributed by atoms with Gasteiger partial charge >= 0.3 is 18.3 Å². The van der Waals surface area contributed by atoms with Crippen molar-refractivity contribution < 1.29 is 81.2 Å². The maximum atomic E-state index is 15.2. The lowest BCUT2D eigenvalue weighted by Gasteiger charge is -2.34. The maximum absolute atomic E-state index is 15.2. The van der Waals surface area contributed by atoms with Crippen molar-refractivity contribution in [2.24, 2.45) is 0 Å². The van der Waals surface area contributed by atoms with Gasteiger partial charge in [-0.25, -0.2) is 4.79 Å². The van der Waals surface area contributed by atoms with Gasteiger partial charge in [-0.2, -0.15) is 26.3 Å². The van der Waals surface area contributed by atoms with Crippen LogP contribution in [0.4, 0.5) is 49.1 Å². The number of ether oxygens (including phenoxy) is 2. The van der Waals surface area contributed by atoms with Crippen molar-refractivity contribution in [3.8, 4) is 45.6 Å². The van der Waals surface area contributed by atoms with Crippen LogP contribution in [0.25, 0.3) is 11.1 Å². The van der Waals surface area contributed by atoms with Gasteiger partial charge in [-0.15, -0.1) is 0 Å². The topological polar surface area (TPSA) is 256 Å². The molecule has 4 unspecified atom stereocenters. The van der Waals surface area contributed by atoms with Gasteiger partial charge in [0.2, 0.25) is 5.91 Å². The second-order valence-corrected chi connectivity index (χ2v) is 21.0. The van der Waals surface area contributed by atoms with E-state index in [0.29, 0.717) is 23.7 Å². The Bertz CT molecular complexity index is 3800. The zero-order chi connectivity index (χ0) is 61.9. The first-order chi connectivity index (χ1) is 40.7. The minimum atomic E-state index is -4.98. The molecule has 86 heavy (non-hydrogen) atoms. The molecule has 1 amide bonds. The van der Waals surface area contributed by atoms with Crippen molar-refractivity contribution in [3.05, 3.63) is 227 Å². The molecule has 8 aromatic carbocycles. The Morgan fingerprint density at radius 1 is 0.523 bits per heavy atom. The van der Waals surface area contributed by atoms with Gasteiger partial charge in [-0.05, 0) is 142 Å². The van der Waals surface area contributed by atoms with Crippen LogP contribution in [0.3, 0.4) is 0 Å². The number of hydrogen-bond donors (Lipinski definition) is 11. The number of nitrogens with two attached hydrogens (primary N) is 1. The summed E-state index contributed by atoms with van der Waals surface area (Å²) in [6, 6.07) is 43.3. The summed E-state index contributed by atoms with van der Waals surface area (Å²) in [5, 5.41) is 80.4. The Kier molecular flexibility index (Phi) is 17.0. The van der Waals surface area contributed by atoms with Gasteiger partial charge in [0.1, 0.15) is 70.7 Å². The van der Waals surface area contributed by atoms with Gasteiger partial charge in [0.15, 0.2) is 0 Å². The highest BCUT2D eigenvalue weighted by atomic mass is 19.4. The SMILES string of the molecule is CC(c1ccc(O)c(N)c1)(c1ccc(O)c(NCC(O)COc2ccc(C3(c4ccc(OCC(O)CNc5cc(C(C)(c6ccc(O)c(NC(=O)/C=C/C(=O)O)c6)C(F)(F)F)ccc5O)cc4)c4ccccc4-c4ccccc43)cc2)c1)C(F)(F)F. The van der Waals surface area contributed by atoms with Crippen molar-refractivity contribution in [1.82, 2.24) is 0 Å². The first-order valence-electron chi connectivity index (χ1n) is 26.7. The van der Waals surface area contributed by atoms with Crippen molar-refractivity contribution in [1.29, 1.82) is 0 Å². The molecule has 9 rings (SSSR count). The Morgan fingerprint density at radius 2 is 0.895 bits per heavy atom. The largest absolute Gasteiger partial charge is 0.506 e. The van der Waals surface area contributed by atoms with Crippen LogP contribution in [0, 0.1) is 0 Å². The molecule has 446 valence electrons. The summed E-state index contributed by atoms with van der Waals surface area (Å²) in [5.41, 5.74) is 3.03. The number of alkyl halides is 6. The van der Waals surface area contributed by atoms with Gasteiger partial charge in [0.25, 0.3) is 0 Å². The average Bonchev–Trinajstić information content (AvgIpc) is 1.56. The zero-order valence-electron chi connectivity index (χ0n) is 45.9. The predicted molar refractivity (Wildman–Crippen MR) is 311 cm³/mol. The van der Waals surface area contributed by atoms with Crippen molar-refractivity contribution in [3.63, 3.8) is 0 Å². The molecule has 21 heteroatoms. The molecule has 0 heterocycles. The third-order valence-corrected chi connectivity index (χ3v) is 15.6. The van der Waals surface area contributed by atoms with Crippen molar-refractivity contribution in [2.45, 2.75) is 54.7 Å². The van der Waals surface area contributed by atoms with E-state index in [1.54, 1.807) is 24.3 Å². The van der Waals surface area contributed by atoms with E-state index < -0.39 is 75.4 Å². The van der Waals surface area contributed by atoms with E-state index in [4.69, 9.17) is 20.3 Å². The summed E-state index contributed by atoms with van der Waals surface area (Å²) in [5.74, 6) is -3.44. The van der Waals surface area contributed by atoms with Crippen LogP contribution in [0.5, 0.6) is 34.5 Å². The number of aromatic hydroxyl groups is 4. The van der Waals surface area contributed by atoms with Crippen LogP contribution in [-0.2, 0) is 25.8 Å². The van der Waals surface area contributed by atoms with Gasteiger partial charge in [0.05, 0.1) is 28.2 Å². The fraction of sp³-hybridized carbons (Fsp3) is 0.200. The molecule has 0 saturated heterocycles. The first-order valence-corrected chi connectivity index (χ1v) is 26.7. The molecule has 1 aliphatic carbocycles. The Morgan fingerprint density at radius 3 is 1.29 bits per heavy atom. The van der Waals surface area contributed by atoms with Gasteiger partial charge in [0, 0.05) is 25.2 Å². The molecule has 0 fully saturated rings. The molecule has 4 atom stereocenters. The molecule has 15 nitrogen and oxygen atoms in total. The van der Waals surface area contributed by atoms with Gasteiger partial charge in [-0.1, -0.05) is 97.1 Å². The van der Waals surface area contributed by atoms with Crippen molar-refractivity contribution >= 4 is 34.6 Å².